The highest BCUT2D eigenvalue weighted by Gasteiger charge is 2.11. The number of hydrogen-bond acceptors (Lipinski definition) is 5. The van der Waals surface area contributed by atoms with E-state index in [2.05, 4.69) is 15.1 Å². The molecular weight excluding hydrogens is 402 g/mol. The minimum atomic E-state index is 0.0121. The van der Waals surface area contributed by atoms with Gasteiger partial charge in [-0.1, -0.05) is 6.07 Å². The fourth-order valence-corrected chi connectivity index (χ4v) is 4.44. The van der Waals surface area contributed by atoms with Crippen LogP contribution in [0.2, 0.25) is 0 Å². The van der Waals surface area contributed by atoms with E-state index in [0.29, 0.717) is 12.8 Å². The van der Waals surface area contributed by atoms with Gasteiger partial charge in [-0.3, -0.25) is 9.20 Å². The van der Waals surface area contributed by atoms with E-state index in [1.165, 1.54) is 0 Å². The van der Waals surface area contributed by atoms with Gasteiger partial charge in [-0.2, -0.15) is 0 Å². The minimum Gasteiger partial charge on any atom is -0.497 e. The topological polar surface area (TPSA) is 55.6 Å². The molecule has 2 aromatic carbocycles. The number of thioether (sulfide) groups is 1. The van der Waals surface area contributed by atoms with Crippen LogP contribution in [-0.4, -0.2) is 28.7 Å². The Morgan fingerprint density at radius 2 is 2.07 bits per heavy atom. The summed E-state index contributed by atoms with van der Waals surface area (Å²) in [6.07, 6.45) is 5.13. The molecule has 4 rings (SSSR count). The van der Waals surface area contributed by atoms with Crippen molar-refractivity contribution in [1.29, 1.82) is 0 Å². The number of nitrogens with one attached hydrogen (secondary N) is 1. The number of methoxy groups -OCH3 is 1. The summed E-state index contributed by atoms with van der Waals surface area (Å²) in [7, 11) is 1.66. The van der Waals surface area contributed by atoms with Crippen LogP contribution in [0.3, 0.4) is 0 Å². The lowest BCUT2D eigenvalue weighted by atomic mass is 10.1. The molecule has 2 heterocycles. The Balaban J connectivity index is 1.44. The maximum atomic E-state index is 12.4. The van der Waals surface area contributed by atoms with Crippen LogP contribution in [0.4, 0.5) is 5.69 Å². The number of anilines is 1. The molecule has 0 saturated heterocycles. The van der Waals surface area contributed by atoms with Gasteiger partial charge in [0, 0.05) is 39.8 Å². The molecule has 0 atom stereocenters. The van der Waals surface area contributed by atoms with Crippen LogP contribution in [-0.2, 0) is 11.2 Å². The van der Waals surface area contributed by atoms with Crippen molar-refractivity contribution in [3.63, 3.8) is 0 Å². The van der Waals surface area contributed by atoms with E-state index in [-0.39, 0.29) is 5.91 Å². The molecule has 0 spiro atoms. The fourth-order valence-electron chi connectivity index (χ4n) is 3.08. The maximum absolute atomic E-state index is 12.4. The van der Waals surface area contributed by atoms with Gasteiger partial charge in [0.05, 0.1) is 12.8 Å². The molecule has 4 aromatic rings. The quantitative estimate of drug-likeness (QED) is 0.406. The second-order valence-corrected chi connectivity index (χ2v) is 8.23. The number of fused-ring (bicyclic) bond motifs is 1. The largest absolute Gasteiger partial charge is 0.497 e. The molecule has 0 aliphatic carbocycles. The monoisotopic (exact) mass is 423 g/mol. The maximum Gasteiger partial charge on any atom is 0.224 e. The molecule has 0 aliphatic heterocycles. The molecule has 1 amide bonds. The van der Waals surface area contributed by atoms with Gasteiger partial charge in [0.2, 0.25) is 5.91 Å². The molecule has 2 aromatic heterocycles. The third-order valence-corrected chi connectivity index (χ3v) is 6.24. The lowest BCUT2D eigenvalue weighted by Crippen LogP contribution is -2.12. The summed E-state index contributed by atoms with van der Waals surface area (Å²) >= 11 is 3.25. The standard InChI is InChI=1S/C22H21N3O2S2/c1-27-18-9-6-15(7-10-18)20-13-25-17(14-29-22(25)24-20)8-11-21(26)23-16-4-3-5-19(12-16)28-2/h3-7,9-10,12-14H,8,11H2,1-2H3,(H,23,26). The Kier molecular flexibility index (Phi) is 5.87. The minimum absolute atomic E-state index is 0.0121. The van der Waals surface area contributed by atoms with Crippen molar-refractivity contribution in [3.8, 4) is 17.0 Å². The molecule has 0 saturated carbocycles. The van der Waals surface area contributed by atoms with E-state index < -0.39 is 0 Å². The molecule has 0 fully saturated rings. The van der Waals surface area contributed by atoms with Crippen molar-refractivity contribution in [2.45, 2.75) is 17.7 Å². The first kappa shape index (κ1) is 19.5. The summed E-state index contributed by atoms with van der Waals surface area (Å²) in [4.78, 5) is 19.2. The van der Waals surface area contributed by atoms with Crippen molar-refractivity contribution in [2.75, 3.05) is 18.7 Å². The lowest BCUT2D eigenvalue weighted by molar-refractivity contribution is -0.116. The molecule has 5 nitrogen and oxygen atoms in total. The molecule has 29 heavy (non-hydrogen) atoms. The summed E-state index contributed by atoms with van der Waals surface area (Å²) in [5.41, 5.74) is 3.88. The number of rotatable bonds is 7. The van der Waals surface area contributed by atoms with Gasteiger partial charge in [0.15, 0.2) is 4.96 Å². The highest BCUT2D eigenvalue weighted by Crippen LogP contribution is 2.26. The van der Waals surface area contributed by atoms with Crippen LogP contribution in [0.5, 0.6) is 5.75 Å². The summed E-state index contributed by atoms with van der Waals surface area (Å²) < 4.78 is 7.29. The number of imidazole rings is 1. The van der Waals surface area contributed by atoms with Crippen LogP contribution in [0.15, 0.2) is 65.0 Å². The average molecular weight is 424 g/mol. The Morgan fingerprint density at radius 1 is 1.24 bits per heavy atom. The third kappa shape index (κ3) is 4.46. The zero-order chi connectivity index (χ0) is 20.2. The number of aromatic nitrogens is 2. The number of thiazole rings is 1. The van der Waals surface area contributed by atoms with Crippen molar-refractivity contribution in [1.82, 2.24) is 9.38 Å². The molecule has 148 valence electrons. The molecular formula is C22H21N3O2S2. The van der Waals surface area contributed by atoms with Crippen LogP contribution in [0.1, 0.15) is 12.1 Å². The molecule has 0 aliphatic rings. The number of hydrogen-bond donors (Lipinski definition) is 1. The van der Waals surface area contributed by atoms with Crippen LogP contribution < -0.4 is 10.1 Å². The van der Waals surface area contributed by atoms with Gasteiger partial charge >= 0.3 is 0 Å². The number of amides is 1. The first-order chi connectivity index (χ1) is 14.2. The predicted octanol–water partition coefficient (Wildman–Crippen LogP) is 5.36. The fraction of sp³-hybridized carbons (Fsp3) is 0.182. The summed E-state index contributed by atoms with van der Waals surface area (Å²) in [6.45, 7) is 0. The van der Waals surface area contributed by atoms with E-state index in [9.17, 15) is 4.79 Å². The van der Waals surface area contributed by atoms with E-state index in [4.69, 9.17) is 9.72 Å². The van der Waals surface area contributed by atoms with Crippen molar-refractivity contribution in [2.24, 2.45) is 0 Å². The Hall–Kier alpha value is -2.77. The second kappa shape index (κ2) is 8.71. The Bertz CT molecular complexity index is 1130. The zero-order valence-electron chi connectivity index (χ0n) is 16.2. The number of aryl methyl sites for hydroxylation is 1. The average Bonchev–Trinajstić information content (AvgIpc) is 3.33. The van der Waals surface area contributed by atoms with Gasteiger partial charge in [-0.05, 0) is 55.1 Å². The number of ether oxygens (including phenoxy) is 1. The molecule has 1 N–H and O–H groups in total. The van der Waals surface area contributed by atoms with Crippen LogP contribution in [0, 0.1) is 0 Å². The number of carbonyl (C=O) groups is 1. The summed E-state index contributed by atoms with van der Waals surface area (Å²) in [6, 6.07) is 15.8. The second-order valence-electron chi connectivity index (χ2n) is 6.51. The first-order valence-corrected chi connectivity index (χ1v) is 11.3. The van der Waals surface area contributed by atoms with Gasteiger partial charge < -0.3 is 10.1 Å². The number of carbonyl (C=O) groups excluding carboxylic acids is 1. The van der Waals surface area contributed by atoms with E-state index >= 15 is 0 Å². The van der Waals surface area contributed by atoms with Gasteiger partial charge in [-0.15, -0.1) is 23.1 Å². The lowest BCUT2D eigenvalue weighted by Gasteiger charge is -2.06. The number of nitrogens with zero attached hydrogens (tertiary/aromatic N) is 2. The Labute approximate surface area is 177 Å². The van der Waals surface area contributed by atoms with Crippen molar-refractivity contribution in [3.05, 3.63) is 65.8 Å². The SMILES string of the molecule is COc1ccc(-c2cn3c(CCC(=O)Nc4cccc(SC)c4)csc3n2)cc1. The van der Waals surface area contributed by atoms with E-state index in [1.54, 1.807) is 30.2 Å². The van der Waals surface area contributed by atoms with Gasteiger partial charge in [-0.25, -0.2) is 4.98 Å². The van der Waals surface area contributed by atoms with Crippen molar-refractivity contribution < 1.29 is 9.53 Å². The van der Waals surface area contributed by atoms with E-state index in [0.717, 1.165) is 38.2 Å². The highest BCUT2D eigenvalue weighted by atomic mass is 32.2. The molecule has 7 heteroatoms. The van der Waals surface area contributed by atoms with Crippen molar-refractivity contribution >= 4 is 39.7 Å². The summed E-state index contributed by atoms with van der Waals surface area (Å²) in [5.74, 6) is 0.836. The summed E-state index contributed by atoms with van der Waals surface area (Å²) in [5, 5.41) is 5.05. The normalized spacial score (nSPS) is 11.0. The Morgan fingerprint density at radius 3 is 2.83 bits per heavy atom. The van der Waals surface area contributed by atoms with Crippen LogP contribution in [0.25, 0.3) is 16.2 Å². The van der Waals surface area contributed by atoms with Crippen LogP contribution >= 0.6 is 23.1 Å². The van der Waals surface area contributed by atoms with E-state index in [1.807, 2.05) is 61.0 Å². The molecule has 0 unspecified atom stereocenters. The molecule has 0 radical (unpaired) electrons. The predicted molar refractivity (Wildman–Crippen MR) is 120 cm³/mol. The van der Waals surface area contributed by atoms with Gasteiger partial charge in [0.25, 0.3) is 0 Å². The third-order valence-electron chi connectivity index (χ3n) is 4.63. The highest BCUT2D eigenvalue weighted by molar-refractivity contribution is 7.98. The first-order valence-electron chi connectivity index (χ1n) is 9.20. The number of benzene rings is 2. The zero-order valence-corrected chi connectivity index (χ0v) is 17.8. The van der Waals surface area contributed by atoms with Gasteiger partial charge in [0.1, 0.15) is 5.75 Å². The smallest absolute Gasteiger partial charge is 0.224 e. The molecule has 0 bridgehead atoms.